The molecule has 90 valence electrons. The Hall–Kier alpha value is -1.39. The third-order valence-electron chi connectivity index (χ3n) is 2.54. The van der Waals surface area contributed by atoms with Gasteiger partial charge in [-0.25, -0.2) is 4.98 Å². The summed E-state index contributed by atoms with van der Waals surface area (Å²) in [6, 6.07) is 8.59. The van der Waals surface area contributed by atoms with Gasteiger partial charge in [0.1, 0.15) is 5.01 Å². The second-order valence-corrected chi connectivity index (χ2v) is 5.07. The molecule has 0 spiro atoms. The molecule has 3 nitrogen and oxygen atoms in total. The molecule has 17 heavy (non-hydrogen) atoms. The lowest BCUT2D eigenvalue weighted by Crippen LogP contribution is -2.13. The Morgan fingerprint density at radius 2 is 1.94 bits per heavy atom. The second kappa shape index (κ2) is 5.80. The predicted molar refractivity (Wildman–Crippen MR) is 73.4 cm³/mol. The van der Waals surface area contributed by atoms with Gasteiger partial charge in [0, 0.05) is 44.4 Å². The van der Waals surface area contributed by atoms with Crippen LogP contribution in [0.1, 0.15) is 10.6 Å². The predicted octanol–water partition coefficient (Wildman–Crippen LogP) is 2.50. The lowest BCUT2D eigenvalue weighted by atomic mass is 10.2. The van der Waals surface area contributed by atoms with E-state index in [-0.39, 0.29) is 0 Å². The van der Waals surface area contributed by atoms with Crippen LogP contribution in [-0.2, 0) is 13.1 Å². The average molecular weight is 247 g/mol. The van der Waals surface area contributed by atoms with Gasteiger partial charge in [-0.15, -0.1) is 11.3 Å². The van der Waals surface area contributed by atoms with Crippen LogP contribution in [0.3, 0.4) is 0 Å². The minimum Gasteiger partial charge on any atom is -0.378 e. The van der Waals surface area contributed by atoms with Gasteiger partial charge in [-0.1, -0.05) is 12.1 Å². The van der Waals surface area contributed by atoms with E-state index in [4.69, 9.17) is 0 Å². The van der Waals surface area contributed by atoms with Crippen molar-refractivity contribution in [2.45, 2.75) is 13.1 Å². The summed E-state index contributed by atoms with van der Waals surface area (Å²) in [5, 5.41) is 6.52. The molecule has 1 N–H and O–H groups in total. The van der Waals surface area contributed by atoms with E-state index in [2.05, 4.69) is 53.6 Å². The lowest BCUT2D eigenvalue weighted by Gasteiger charge is -2.12. The summed E-state index contributed by atoms with van der Waals surface area (Å²) < 4.78 is 0. The van der Waals surface area contributed by atoms with E-state index in [1.807, 2.05) is 11.6 Å². The van der Waals surface area contributed by atoms with Gasteiger partial charge in [-0.2, -0.15) is 0 Å². The molecule has 0 atom stereocenters. The van der Waals surface area contributed by atoms with Crippen LogP contribution in [-0.4, -0.2) is 19.1 Å². The topological polar surface area (TPSA) is 28.2 Å². The highest BCUT2D eigenvalue weighted by molar-refractivity contribution is 7.09. The summed E-state index contributed by atoms with van der Waals surface area (Å²) in [6.45, 7) is 1.72. The van der Waals surface area contributed by atoms with Gasteiger partial charge < -0.3 is 10.2 Å². The fraction of sp³-hybridized carbons (Fsp3) is 0.308. The van der Waals surface area contributed by atoms with E-state index in [0.29, 0.717) is 0 Å². The normalized spacial score (nSPS) is 10.5. The number of hydrogen-bond acceptors (Lipinski definition) is 4. The molecule has 2 rings (SSSR count). The van der Waals surface area contributed by atoms with Gasteiger partial charge in [0.25, 0.3) is 0 Å². The zero-order valence-electron chi connectivity index (χ0n) is 10.2. The highest BCUT2D eigenvalue weighted by Crippen LogP contribution is 2.12. The van der Waals surface area contributed by atoms with Crippen molar-refractivity contribution in [1.29, 1.82) is 0 Å². The molecule has 1 aromatic carbocycles. The van der Waals surface area contributed by atoms with E-state index in [1.54, 1.807) is 11.3 Å². The van der Waals surface area contributed by atoms with E-state index in [0.717, 1.165) is 18.1 Å². The van der Waals surface area contributed by atoms with Gasteiger partial charge in [-0.05, 0) is 17.7 Å². The van der Waals surface area contributed by atoms with Crippen LogP contribution in [0.15, 0.2) is 35.8 Å². The number of rotatable bonds is 5. The fourth-order valence-corrected chi connectivity index (χ4v) is 2.15. The summed E-state index contributed by atoms with van der Waals surface area (Å²) in [5.74, 6) is 0. The van der Waals surface area contributed by atoms with Crippen molar-refractivity contribution in [3.63, 3.8) is 0 Å². The zero-order chi connectivity index (χ0) is 12.1. The minimum absolute atomic E-state index is 0.840. The molecule has 0 aliphatic rings. The number of hydrogen-bond donors (Lipinski definition) is 1. The van der Waals surface area contributed by atoms with Crippen molar-refractivity contribution in [3.8, 4) is 0 Å². The molecular weight excluding hydrogens is 230 g/mol. The molecular formula is C13H17N3S. The van der Waals surface area contributed by atoms with Crippen LogP contribution >= 0.6 is 11.3 Å². The third-order valence-corrected chi connectivity index (χ3v) is 3.32. The molecule has 0 bridgehead atoms. The molecule has 0 aliphatic carbocycles. The van der Waals surface area contributed by atoms with Gasteiger partial charge >= 0.3 is 0 Å². The van der Waals surface area contributed by atoms with E-state index >= 15 is 0 Å². The van der Waals surface area contributed by atoms with Gasteiger partial charge in [0.05, 0.1) is 0 Å². The first-order chi connectivity index (χ1) is 8.25. The first-order valence-corrected chi connectivity index (χ1v) is 6.49. The SMILES string of the molecule is CN(C)c1ccc(CNCc2nccs2)cc1. The highest BCUT2D eigenvalue weighted by Gasteiger charge is 1.97. The average Bonchev–Trinajstić information content (AvgIpc) is 2.83. The maximum absolute atomic E-state index is 4.23. The molecule has 0 unspecified atom stereocenters. The summed E-state index contributed by atoms with van der Waals surface area (Å²) in [7, 11) is 4.10. The van der Waals surface area contributed by atoms with E-state index < -0.39 is 0 Å². The van der Waals surface area contributed by atoms with Gasteiger partial charge in [0.2, 0.25) is 0 Å². The van der Waals surface area contributed by atoms with Crippen molar-refractivity contribution >= 4 is 17.0 Å². The maximum atomic E-state index is 4.23. The van der Waals surface area contributed by atoms with Gasteiger partial charge in [-0.3, -0.25) is 0 Å². The molecule has 0 saturated heterocycles. The second-order valence-electron chi connectivity index (χ2n) is 4.09. The van der Waals surface area contributed by atoms with Crippen LogP contribution in [0.25, 0.3) is 0 Å². The van der Waals surface area contributed by atoms with Crippen LogP contribution < -0.4 is 10.2 Å². The summed E-state index contributed by atoms with van der Waals surface area (Å²) in [6.07, 6.45) is 1.84. The van der Waals surface area contributed by atoms with Crippen LogP contribution in [0, 0.1) is 0 Å². The van der Waals surface area contributed by atoms with E-state index in [9.17, 15) is 0 Å². The Bertz CT molecular complexity index is 434. The first-order valence-electron chi connectivity index (χ1n) is 5.61. The third kappa shape index (κ3) is 3.54. The zero-order valence-corrected chi connectivity index (χ0v) is 11.0. The van der Waals surface area contributed by atoms with Crippen molar-refractivity contribution in [2.24, 2.45) is 0 Å². The fourth-order valence-electron chi connectivity index (χ4n) is 1.57. The van der Waals surface area contributed by atoms with Crippen LogP contribution in [0.5, 0.6) is 0 Å². The minimum atomic E-state index is 0.840. The number of nitrogens with one attached hydrogen (secondary N) is 1. The standard InChI is InChI=1S/C13H17N3S/c1-16(2)12-5-3-11(4-6-12)9-14-10-13-15-7-8-17-13/h3-8,14H,9-10H2,1-2H3. The number of aromatic nitrogens is 1. The molecule has 1 aromatic heterocycles. The molecule has 0 fully saturated rings. The van der Waals surface area contributed by atoms with Crippen LogP contribution in [0.4, 0.5) is 5.69 Å². The summed E-state index contributed by atoms with van der Waals surface area (Å²) in [4.78, 5) is 6.34. The van der Waals surface area contributed by atoms with Gasteiger partial charge in [0.15, 0.2) is 0 Å². The molecule has 0 saturated carbocycles. The van der Waals surface area contributed by atoms with Crippen molar-refractivity contribution in [1.82, 2.24) is 10.3 Å². The molecule has 4 heteroatoms. The van der Waals surface area contributed by atoms with Crippen LogP contribution in [0.2, 0.25) is 0 Å². The van der Waals surface area contributed by atoms with E-state index in [1.165, 1.54) is 11.3 Å². The Kier molecular flexibility index (Phi) is 4.12. The molecule has 1 heterocycles. The summed E-state index contributed by atoms with van der Waals surface area (Å²) >= 11 is 1.68. The van der Waals surface area contributed by atoms with Crippen molar-refractivity contribution in [2.75, 3.05) is 19.0 Å². The Balaban J connectivity index is 1.83. The summed E-state index contributed by atoms with van der Waals surface area (Å²) in [5.41, 5.74) is 2.53. The van der Waals surface area contributed by atoms with Crippen molar-refractivity contribution < 1.29 is 0 Å². The maximum Gasteiger partial charge on any atom is 0.106 e. The highest BCUT2D eigenvalue weighted by atomic mass is 32.1. The Labute approximate surface area is 106 Å². The Morgan fingerprint density at radius 1 is 1.18 bits per heavy atom. The smallest absolute Gasteiger partial charge is 0.106 e. The number of anilines is 1. The Morgan fingerprint density at radius 3 is 2.53 bits per heavy atom. The monoisotopic (exact) mass is 247 g/mol. The first kappa shape index (κ1) is 12.1. The molecule has 0 amide bonds. The lowest BCUT2D eigenvalue weighted by molar-refractivity contribution is 0.690. The number of benzene rings is 1. The molecule has 0 radical (unpaired) electrons. The van der Waals surface area contributed by atoms with Crippen molar-refractivity contribution in [3.05, 3.63) is 46.4 Å². The number of nitrogens with zero attached hydrogens (tertiary/aromatic N) is 2. The largest absolute Gasteiger partial charge is 0.378 e. The molecule has 0 aliphatic heterocycles. The molecule has 2 aromatic rings. The quantitative estimate of drug-likeness (QED) is 0.880. The number of thiazole rings is 1.